The summed E-state index contributed by atoms with van der Waals surface area (Å²) in [6, 6.07) is 5.76. The molecule has 2 unspecified atom stereocenters. The van der Waals surface area contributed by atoms with E-state index in [1.807, 2.05) is 13.0 Å². The molecule has 2 atom stereocenters. The smallest absolute Gasteiger partial charge is 0.128 e. The molecular formula is C15H22FN. The van der Waals surface area contributed by atoms with E-state index in [4.69, 9.17) is 0 Å². The first-order valence-corrected chi connectivity index (χ1v) is 6.61. The predicted molar refractivity (Wildman–Crippen MR) is 70.7 cm³/mol. The minimum Gasteiger partial charge on any atom is -0.381 e. The Morgan fingerprint density at radius 1 is 1.18 bits per heavy atom. The van der Waals surface area contributed by atoms with E-state index in [-0.39, 0.29) is 5.82 Å². The van der Waals surface area contributed by atoms with Crippen molar-refractivity contribution in [1.82, 2.24) is 0 Å². The number of rotatable bonds is 2. The van der Waals surface area contributed by atoms with Crippen LogP contribution in [0.2, 0.25) is 0 Å². The van der Waals surface area contributed by atoms with Crippen molar-refractivity contribution in [3.05, 3.63) is 29.6 Å². The summed E-state index contributed by atoms with van der Waals surface area (Å²) in [5.41, 5.74) is 1.69. The number of anilines is 1. The lowest BCUT2D eigenvalue weighted by molar-refractivity contribution is 0.268. The Labute approximate surface area is 103 Å². The minimum atomic E-state index is -0.119. The third-order valence-corrected chi connectivity index (χ3v) is 4.13. The van der Waals surface area contributed by atoms with Gasteiger partial charge in [0.1, 0.15) is 5.82 Å². The summed E-state index contributed by atoms with van der Waals surface area (Å²) < 4.78 is 13.5. The van der Waals surface area contributed by atoms with Gasteiger partial charge in [-0.05, 0) is 43.7 Å². The van der Waals surface area contributed by atoms with Crippen molar-refractivity contribution >= 4 is 5.69 Å². The van der Waals surface area contributed by atoms with Crippen molar-refractivity contribution in [3.8, 4) is 0 Å². The third-order valence-electron chi connectivity index (χ3n) is 4.13. The normalized spacial score (nSPS) is 29.1. The first-order chi connectivity index (χ1) is 8.09. The zero-order valence-electron chi connectivity index (χ0n) is 11.0. The maximum Gasteiger partial charge on any atom is 0.128 e. The fraction of sp³-hybridized carbons (Fsp3) is 0.600. The van der Waals surface area contributed by atoms with Gasteiger partial charge in [0, 0.05) is 17.3 Å². The second-order valence-corrected chi connectivity index (χ2v) is 5.47. The molecule has 0 radical (unpaired) electrons. The molecule has 0 spiro atoms. The largest absolute Gasteiger partial charge is 0.381 e. The van der Waals surface area contributed by atoms with E-state index < -0.39 is 0 Å². The van der Waals surface area contributed by atoms with Gasteiger partial charge in [-0.25, -0.2) is 4.39 Å². The van der Waals surface area contributed by atoms with Crippen LogP contribution in [-0.2, 0) is 0 Å². The SMILES string of the molecule is Cc1c(F)cccc1NC1C(C)CCCC1C. The fourth-order valence-corrected chi connectivity index (χ4v) is 2.91. The molecule has 0 saturated heterocycles. The standard InChI is InChI=1S/C15H22FN/c1-10-6-4-7-11(2)15(10)17-14-9-5-8-13(16)12(14)3/h5,8-11,15,17H,4,6-7H2,1-3H3. The van der Waals surface area contributed by atoms with Crippen molar-refractivity contribution in [1.29, 1.82) is 0 Å². The Bertz CT molecular complexity index is 379. The van der Waals surface area contributed by atoms with Gasteiger partial charge in [0.15, 0.2) is 0 Å². The lowest BCUT2D eigenvalue weighted by atomic mass is 9.78. The Kier molecular flexibility index (Phi) is 3.70. The van der Waals surface area contributed by atoms with E-state index in [1.165, 1.54) is 25.3 Å². The van der Waals surface area contributed by atoms with E-state index in [2.05, 4.69) is 19.2 Å². The van der Waals surface area contributed by atoms with Crippen molar-refractivity contribution in [2.75, 3.05) is 5.32 Å². The molecule has 1 aromatic rings. The summed E-state index contributed by atoms with van der Waals surface area (Å²) >= 11 is 0. The molecule has 0 aliphatic heterocycles. The van der Waals surface area contributed by atoms with Crippen molar-refractivity contribution in [3.63, 3.8) is 0 Å². The molecule has 0 amide bonds. The van der Waals surface area contributed by atoms with Crippen LogP contribution in [0.5, 0.6) is 0 Å². The quantitative estimate of drug-likeness (QED) is 0.802. The van der Waals surface area contributed by atoms with Crippen LogP contribution in [0.15, 0.2) is 18.2 Å². The van der Waals surface area contributed by atoms with E-state index in [1.54, 1.807) is 6.07 Å². The first kappa shape index (κ1) is 12.4. The lowest BCUT2D eigenvalue weighted by Crippen LogP contribution is -2.37. The molecular weight excluding hydrogens is 213 g/mol. The van der Waals surface area contributed by atoms with Crippen LogP contribution >= 0.6 is 0 Å². The third kappa shape index (κ3) is 2.62. The van der Waals surface area contributed by atoms with Gasteiger partial charge in [-0.1, -0.05) is 26.3 Å². The molecule has 17 heavy (non-hydrogen) atoms. The Balaban J connectivity index is 2.16. The van der Waals surface area contributed by atoms with Crippen LogP contribution in [0.3, 0.4) is 0 Å². The zero-order chi connectivity index (χ0) is 12.4. The summed E-state index contributed by atoms with van der Waals surface area (Å²) in [6.07, 6.45) is 3.87. The Hall–Kier alpha value is -1.05. The van der Waals surface area contributed by atoms with Crippen molar-refractivity contribution in [2.45, 2.75) is 46.1 Å². The van der Waals surface area contributed by atoms with Gasteiger partial charge in [0.05, 0.1) is 0 Å². The van der Waals surface area contributed by atoms with Gasteiger partial charge in [-0.3, -0.25) is 0 Å². The second kappa shape index (κ2) is 5.07. The summed E-state index contributed by atoms with van der Waals surface area (Å²) in [7, 11) is 0. The molecule has 2 heteroatoms. The molecule has 1 saturated carbocycles. The predicted octanol–water partition coefficient (Wildman–Crippen LogP) is 4.37. The van der Waals surface area contributed by atoms with E-state index in [9.17, 15) is 4.39 Å². The summed E-state index contributed by atoms with van der Waals surface area (Å²) in [5.74, 6) is 1.22. The lowest BCUT2D eigenvalue weighted by Gasteiger charge is -2.36. The minimum absolute atomic E-state index is 0.119. The number of halogens is 1. The number of hydrogen-bond donors (Lipinski definition) is 1. The highest BCUT2D eigenvalue weighted by atomic mass is 19.1. The van der Waals surface area contributed by atoms with Crippen LogP contribution in [-0.4, -0.2) is 6.04 Å². The van der Waals surface area contributed by atoms with Crippen LogP contribution in [0.25, 0.3) is 0 Å². The highest BCUT2D eigenvalue weighted by molar-refractivity contribution is 5.51. The van der Waals surface area contributed by atoms with Crippen molar-refractivity contribution in [2.24, 2.45) is 11.8 Å². The average Bonchev–Trinajstić information content (AvgIpc) is 2.29. The Morgan fingerprint density at radius 3 is 2.47 bits per heavy atom. The van der Waals surface area contributed by atoms with E-state index in [0.717, 1.165) is 11.3 Å². The first-order valence-electron chi connectivity index (χ1n) is 6.61. The molecule has 2 rings (SSSR count). The number of hydrogen-bond acceptors (Lipinski definition) is 1. The van der Waals surface area contributed by atoms with Gasteiger partial charge >= 0.3 is 0 Å². The number of nitrogens with one attached hydrogen (secondary N) is 1. The van der Waals surface area contributed by atoms with Gasteiger partial charge in [-0.15, -0.1) is 0 Å². The van der Waals surface area contributed by atoms with Gasteiger partial charge in [0.25, 0.3) is 0 Å². The summed E-state index contributed by atoms with van der Waals surface area (Å²) in [5, 5.41) is 3.55. The molecule has 1 aliphatic carbocycles. The maximum absolute atomic E-state index is 13.5. The molecule has 94 valence electrons. The van der Waals surface area contributed by atoms with Crippen LogP contribution in [0, 0.1) is 24.6 Å². The molecule has 1 aromatic carbocycles. The van der Waals surface area contributed by atoms with Crippen LogP contribution in [0.1, 0.15) is 38.7 Å². The van der Waals surface area contributed by atoms with Gasteiger partial charge < -0.3 is 5.32 Å². The monoisotopic (exact) mass is 235 g/mol. The molecule has 1 nitrogen and oxygen atoms in total. The Morgan fingerprint density at radius 2 is 1.82 bits per heavy atom. The second-order valence-electron chi connectivity index (χ2n) is 5.47. The van der Waals surface area contributed by atoms with E-state index in [0.29, 0.717) is 17.9 Å². The topological polar surface area (TPSA) is 12.0 Å². The highest BCUT2D eigenvalue weighted by Crippen LogP contribution is 2.32. The fourth-order valence-electron chi connectivity index (χ4n) is 2.91. The molecule has 0 aromatic heterocycles. The van der Waals surface area contributed by atoms with Crippen LogP contribution < -0.4 is 5.32 Å². The van der Waals surface area contributed by atoms with Crippen molar-refractivity contribution < 1.29 is 4.39 Å². The van der Waals surface area contributed by atoms with Crippen LogP contribution in [0.4, 0.5) is 10.1 Å². The van der Waals surface area contributed by atoms with E-state index >= 15 is 0 Å². The molecule has 0 heterocycles. The molecule has 1 aliphatic rings. The molecule has 0 bridgehead atoms. The molecule has 1 fully saturated rings. The van der Waals surface area contributed by atoms with Gasteiger partial charge in [-0.2, -0.15) is 0 Å². The summed E-state index contributed by atoms with van der Waals surface area (Å²) in [4.78, 5) is 0. The van der Waals surface area contributed by atoms with Gasteiger partial charge in [0.2, 0.25) is 0 Å². The summed E-state index contributed by atoms with van der Waals surface area (Å²) in [6.45, 7) is 6.43. The highest BCUT2D eigenvalue weighted by Gasteiger charge is 2.27. The molecule has 1 N–H and O–H groups in total. The number of benzene rings is 1. The maximum atomic E-state index is 13.5. The average molecular weight is 235 g/mol. The zero-order valence-corrected chi connectivity index (χ0v) is 11.0.